The van der Waals surface area contributed by atoms with E-state index in [2.05, 4.69) is 0 Å². The lowest BCUT2D eigenvalue weighted by molar-refractivity contribution is -0.164. The molecule has 0 unspecified atom stereocenters. The summed E-state index contributed by atoms with van der Waals surface area (Å²) in [4.78, 5) is 0. The Morgan fingerprint density at radius 1 is 0.684 bits per heavy atom. The summed E-state index contributed by atoms with van der Waals surface area (Å²) in [6.07, 6.45) is -16.1. The summed E-state index contributed by atoms with van der Waals surface area (Å²) in [5.74, 6) is 0. The molecular formula is C10H5F9. The summed E-state index contributed by atoms with van der Waals surface area (Å²) < 4.78 is 112. The SMILES string of the molecule is Cc1cc(C(F)(F)F)cc(C(F)(F)F)c1C(F)(F)F. The zero-order valence-corrected chi connectivity index (χ0v) is 9.06. The minimum atomic E-state index is -5.53. The monoisotopic (exact) mass is 296 g/mol. The summed E-state index contributed by atoms with van der Waals surface area (Å²) >= 11 is 0. The lowest BCUT2D eigenvalue weighted by atomic mass is 9.97. The van der Waals surface area contributed by atoms with E-state index < -0.39 is 46.8 Å². The van der Waals surface area contributed by atoms with Gasteiger partial charge in [0.25, 0.3) is 0 Å². The van der Waals surface area contributed by atoms with Gasteiger partial charge in [-0.05, 0) is 24.6 Å². The van der Waals surface area contributed by atoms with Crippen molar-refractivity contribution in [2.24, 2.45) is 0 Å². The average Bonchev–Trinajstić information content (AvgIpc) is 2.11. The van der Waals surface area contributed by atoms with Gasteiger partial charge in [-0.1, -0.05) is 0 Å². The van der Waals surface area contributed by atoms with Gasteiger partial charge in [0.1, 0.15) is 0 Å². The van der Waals surface area contributed by atoms with E-state index in [-0.39, 0.29) is 6.07 Å². The van der Waals surface area contributed by atoms with Gasteiger partial charge in [0.2, 0.25) is 0 Å². The number of benzene rings is 1. The van der Waals surface area contributed by atoms with Gasteiger partial charge in [-0.25, -0.2) is 0 Å². The molecule has 0 fully saturated rings. The van der Waals surface area contributed by atoms with E-state index >= 15 is 0 Å². The Labute approximate surface area is 100 Å². The van der Waals surface area contributed by atoms with Crippen LogP contribution in [-0.2, 0) is 18.5 Å². The highest BCUT2D eigenvalue weighted by Gasteiger charge is 2.46. The minimum Gasteiger partial charge on any atom is -0.166 e. The third-order valence-electron chi connectivity index (χ3n) is 2.25. The average molecular weight is 296 g/mol. The molecule has 1 aromatic carbocycles. The van der Waals surface area contributed by atoms with Gasteiger partial charge in [-0.15, -0.1) is 0 Å². The number of rotatable bonds is 0. The molecule has 1 aromatic rings. The van der Waals surface area contributed by atoms with Crippen molar-refractivity contribution in [2.45, 2.75) is 25.5 Å². The zero-order chi connectivity index (χ0) is 15.2. The molecule has 0 aromatic heterocycles. The lowest BCUT2D eigenvalue weighted by Crippen LogP contribution is -2.20. The van der Waals surface area contributed by atoms with Crippen molar-refractivity contribution < 1.29 is 39.5 Å². The molecule has 108 valence electrons. The topological polar surface area (TPSA) is 0 Å². The van der Waals surface area contributed by atoms with Crippen LogP contribution in [0.25, 0.3) is 0 Å². The van der Waals surface area contributed by atoms with Crippen molar-refractivity contribution >= 4 is 0 Å². The minimum absolute atomic E-state index is 0.0397. The molecule has 0 atom stereocenters. The highest BCUT2D eigenvalue weighted by Crippen LogP contribution is 2.44. The Bertz CT molecular complexity index is 475. The molecular weight excluding hydrogens is 291 g/mol. The normalized spacial score (nSPS) is 13.8. The van der Waals surface area contributed by atoms with Gasteiger partial charge in [0.15, 0.2) is 0 Å². The van der Waals surface area contributed by atoms with Crippen LogP contribution in [0.3, 0.4) is 0 Å². The largest absolute Gasteiger partial charge is 0.417 e. The zero-order valence-electron chi connectivity index (χ0n) is 9.06. The maximum Gasteiger partial charge on any atom is 0.417 e. The molecule has 0 saturated carbocycles. The van der Waals surface area contributed by atoms with Crippen LogP contribution >= 0.6 is 0 Å². The fourth-order valence-electron chi connectivity index (χ4n) is 1.55. The Hall–Kier alpha value is -1.41. The van der Waals surface area contributed by atoms with E-state index in [9.17, 15) is 39.5 Å². The smallest absolute Gasteiger partial charge is 0.166 e. The number of alkyl halides is 9. The molecule has 0 aliphatic carbocycles. The first-order valence-electron chi connectivity index (χ1n) is 4.61. The highest BCUT2D eigenvalue weighted by molar-refractivity contribution is 5.43. The molecule has 0 bridgehead atoms. The van der Waals surface area contributed by atoms with Crippen molar-refractivity contribution in [1.82, 2.24) is 0 Å². The molecule has 0 aliphatic heterocycles. The molecule has 0 aliphatic rings. The number of hydrogen-bond acceptors (Lipinski definition) is 0. The molecule has 0 nitrogen and oxygen atoms in total. The molecule has 0 amide bonds. The number of hydrogen-bond donors (Lipinski definition) is 0. The quantitative estimate of drug-likeness (QED) is 0.588. The van der Waals surface area contributed by atoms with Crippen molar-refractivity contribution in [2.75, 3.05) is 0 Å². The van der Waals surface area contributed by atoms with Gasteiger partial charge in [0, 0.05) is 0 Å². The summed E-state index contributed by atoms with van der Waals surface area (Å²) in [6, 6.07) is -0.492. The maximum atomic E-state index is 12.5. The Morgan fingerprint density at radius 3 is 1.47 bits per heavy atom. The lowest BCUT2D eigenvalue weighted by Gasteiger charge is -2.20. The molecule has 9 heteroatoms. The number of aryl methyl sites for hydroxylation is 1. The molecule has 0 heterocycles. The van der Waals surface area contributed by atoms with Crippen LogP contribution in [0.5, 0.6) is 0 Å². The van der Waals surface area contributed by atoms with Gasteiger partial charge in [0.05, 0.1) is 16.7 Å². The third kappa shape index (κ3) is 3.32. The van der Waals surface area contributed by atoms with E-state index in [0.29, 0.717) is 6.92 Å². The summed E-state index contributed by atoms with van der Waals surface area (Å²) in [7, 11) is 0. The first-order chi connectivity index (χ1) is 8.24. The van der Waals surface area contributed by atoms with E-state index in [1.54, 1.807) is 0 Å². The van der Waals surface area contributed by atoms with E-state index in [0.717, 1.165) is 0 Å². The van der Waals surface area contributed by atoms with Gasteiger partial charge in [-0.3, -0.25) is 0 Å². The van der Waals surface area contributed by atoms with Crippen LogP contribution in [0.2, 0.25) is 0 Å². The van der Waals surface area contributed by atoms with Crippen LogP contribution in [-0.4, -0.2) is 0 Å². The molecule has 19 heavy (non-hydrogen) atoms. The molecule has 0 N–H and O–H groups in total. The molecule has 0 radical (unpaired) electrons. The van der Waals surface area contributed by atoms with Crippen molar-refractivity contribution in [3.05, 3.63) is 34.4 Å². The fourth-order valence-corrected chi connectivity index (χ4v) is 1.55. The van der Waals surface area contributed by atoms with Gasteiger partial charge < -0.3 is 0 Å². The van der Waals surface area contributed by atoms with Gasteiger partial charge in [-0.2, -0.15) is 39.5 Å². The van der Waals surface area contributed by atoms with Crippen LogP contribution in [0.1, 0.15) is 22.3 Å². The van der Waals surface area contributed by atoms with Crippen molar-refractivity contribution in [3.8, 4) is 0 Å². The molecule has 1 rings (SSSR count). The predicted molar refractivity (Wildman–Crippen MR) is 46.2 cm³/mol. The highest BCUT2D eigenvalue weighted by atomic mass is 19.4. The second-order valence-corrected chi connectivity index (χ2v) is 3.71. The second kappa shape index (κ2) is 4.31. The number of halogens is 9. The molecule has 0 spiro atoms. The maximum absolute atomic E-state index is 12.5. The van der Waals surface area contributed by atoms with Crippen LogP contribution in [0.4, 0.5) is 39.5 Å². The van der Waals surface area contributed by atoms with Crippen LogP contribution in [0, 0.1) is 6.92 Å². The third-order valence-corrected chi connectivity index (χ3v) is 2.25. The predicted octanol–water partition coefficient (Wildman–Crippen LogP) is 5.05. The summed E-state index contributed by atoms with van der Waals surface area (Å²) in [5, 5.41) is 0. The van der Waals surface area contributed by atoms with E-state index in [1.807, 2.05) is 0 Å². The second-order valence-electron chi connectivity index (χ2n) is 3.71. The first-order valence-corrected chi connectivity index (χ1v) is 4.61. The van der Waals surface area contributed by atoms with Crippen LogP contribution < -0.4 is 0 Å². The Kier molecular flexibility index (Phi) is 3.55. The Morgan fingerprint density at radius 2 is 1.16 bits per heavy atom. The van der Waals surface area contributed by atoms with E-state index in [1.165, 1.54) is 0 Å². The van der Waals surface area contributed by atoms with Gasteiger partial charge >= 0.3 is 18.5 Å². The fraction of sp³-hybridized carbons (Fsp3) is 0.400. The van der Waals surface area contributed by atoms with Crippen LogP contribution in [0.15, 0.2) is 12.1 Å². The van der Waals surface area contributed by atoms with E-state index in [4.69, 9.17) is 0 Å². The van der Waals surface area contributed by atoms with Crippen molar-refractivity contribution in [3.63, 3.8) is 0 Å². The summed E-state index contributed by atoms with van der Waals surface area (Å²) in [6.45, 7) is 0.549. The Balaban J connectivity index is 3.68. The summed E-state index contributed by atoms with van der Waals surface area (Å²) in [5.41, 5.74) is -7.35. The molecule has 0 saturated heterocycles. The van der Waals surface area contributed by atoms with Crippen molar-refractivity contribution in [1.29, 1.82) is 0 Å². The standard InChI is InChI=1S/C10H5F9/c1-4-2-5(8(11,12)13)3-6(9(14,15)16)7(4)10(17,18)19/h2-3H,1H3. The first kappa shape index (κ1) is 15.6.